The zero-order valence-electron chi connectivity index (χ0n) is 12.7. The van der Waals surface area contributed by atoms with Gasteiger partial charge in [0.1, 0.15) is 0 Å². The lowest BCUT2D eigenvalue weighted by Gasteiger charge is -2.26. The van der Waals surface area contributed by atoms with Gasteiger partial charge in [0, 0.05) is 38.8 Å². The highest BCUT2D eigenvalue weighted by atomic mass is 16.2. The number of hydrogen-bond donors (Lipinski definition) is 3. The largest absolute Gasteiger partial charge is 0.354 e. The van der Waals surface area contributed by atoms with Gasteiger partial charge in [-0.2, -0.15) is 0 Å². The second-order valence-electron chi connectivity index (χ2n) is 4.79. The van der Waals surface area contributed by atoms with Crippen LogP contribution in [0.25, 0.3) is 0 Å². The number of likely N-dealkylation sites (N-methyl/N-ethyl adjacent to an activating group) is 2. The molecule has 0 atom stereocenters. The number of nitrogens with one attached hydrogen (secondary N) is 3. The Hall–Kier alpha value is -1.14. The van der Waals surface area contributed by atoms with Crippen LogP contribution in [0.5, 0.6) is 0 Å². The molecular weight excluding hydrogens is 242 g/mol. The minimum atomic E-state index is 0.0751. The van der Waals surface area contributed by atoms with Gasteiger partial charge in [-0.1, -0.05) is 13.8 Å². The first-order valence-electron chi connectivity index (χ1n) is 6.95. The van der Waals surface area contributed by atoms with Crippen LogP contribution < -0.4 is 10.6 Å². The lowest BCUT2D eigenvalue weighted by atomic mass is 10.3. The van der Waals surface area contributed by atoms with E-state index >= 15 is 0 Å². The van der Waals surface area contributed by atoms with Crippen LogP contribution >= 0.6 is 0 Å². The van der Waals surface area contributed by atoms with E-state index in [2.05, 4.69) is 24.5 Å². The van der Waals surface area contributed by atoms with Gasteiger partial charge in [-0.15, -0.1) is 0 Å². The van der Waals surface area contributed by atoms with Crippen LogP contribution in [0.15, 0.2) is 0 Å². The van der Waals surface area contributed by atoms with Crippen LogP contribution in [0.4, 0.5) is 0 Å². The van der Waals surface area contributed by atoms with E-state index in [-0.39, 0.29) is 12.5 Å². The Kier molecular flexibility index (Phi) is 10.1. The zero-order valence-corrected chi connectivity index (χ0v) is 12.7. The zero-order chi connectivity index (χ0) is 14.7. The maximum absolute atomic E-state index is 12.2. The van der Waals surface area contributed by atoms with Crippen LogP contribution in [0.1, 0.15) is 20.8 Å². The number of amides is 1. The smallest absolute Gasteiger partial charge is 0.242 e. The van der Waals surface area contributed by atoms with Crippen LogP contribution in [-0.2, 0) is 4.79 Å². The third-order valence-corrected chi connectivity index (χ3v) is 2.85. The molecule has 0 rings (SSSR count). The number of carbonyl (C=O) groups is 1. The fraction of sp³-hybridized carbons (Fsp3) is 0.846. The van der Waals surface area contributed by atoms with Crippen molar-refractivity contribution in [3.63, 3.8) is 0 Å². The Bertz CT molecular complexity index is 257. The lowest BCUT2D eigenvalue weighted by molar-refractivity contribution is -0.131. The highest BCUT2D eigenvalue weighted by molar-refractivity contribution is 5.80. The molecule has 0 fully saturated rings. The minimum Gasteiger partial charge on any atom is -0.354 e. The molecule has 6 nitrogen and oxygen atoms in total. The van der Waals surface area contributed by atoms with E-state index in [4.69, 9.17) is 5.41 Å². The Morgan fingerprint density at radius 1 is 1.32 bits per heavy atom. The highest BCUT2D eigenvalue weighted by Gasteiger charge is 2.14. The molecule has 112 valence electrons. The maximum Gasteiger partial charge on any atom is 0.242 e. The summed E-state index contributed by atoms with van der Waals surface area (Å²) < 4.78 is 0. The van der Waals surface area contributed by atoms with Crippen molar-refractivity contribution in [2.24, 2.45) is 0 Å². The molecule has 0 aromatic heterocycles. The van der Waals surface area contributed by atoms with Crippen molar-refractivity contribution in [2.45, 2.75) is 26.8 Å². The van der Waals surface area contributed by atoms with Gasteiger partial charge in [-0.3, -0.25) is 10.2 Å². The maximum atomic E-state index is 12.2. The Labute approximate surface area is 117 Å². The van der Waals surface area contributed by atoms with Gasteiger partial charge in [0.2, 0.25) is 5.91 Å². The Morgan fingerprint density at radius 3 is 2.42 bits per heavy atom. The second kappa shape index (κ2) is 10.8. The van der Waals surface area contributed by atoms with Gasteiger partial charge in [0.15, 0.2) is 0 Å². The quantitative estimate of drug-likeness (QED) is 0.364. The number of hydrogen-bond acceptors (Lipinski definition) is 4. The molecule has 6 heteroatoms. The molecule has 0 aliphatic heterocycles. The van der Waals surface area contributed by atoms with E-state index in [1.54, 1.807) is 4.90 Å². The molecule has 0 saturated carbocycles. The van der Waals surface area contributed by atoms with E-state index in [1.807, 2.05) is 18.9 Å². The standard InChI is InChI=1S/C13H29N5O/c1-5-17(11-14)10-13(19)18(8-6-15-4)9-7-16-12(2)3/h11-12,14-16H,5-10H2,1-4H3. The van der Waals surface area contributed by atoms with Gasteiger partial charge < -0.3 is 20.4 Å². The average molecular weight is 271 g/mol. The first-order chi connectivity index (χ1) is 9.04. The van der Waals surface area contributed by atoms with Crippen molar-refractivity contribution in [3.8, 4) is 0 Å². The monoisotopic (exact) mass is 271 g/mol. The van der Waals surface area contributed by atoms with Gasteiger partial charge in [-0.05, 0) is 14.0 Å². The second-order valence-corrected chi connectivity index (χ2v) is 4.79. The van der Waals surface area contributed by atoms with Crippen molar-refractivity contribution in [1.82, 2.24) is 20.4 Å². The summed E-state index contributed by atoms with van der Waals surface area (Å²) >= 11 is 0. The van der Waals surface area contributed by atoms with Gasteiger partial charge in [0.25, 0.3) is 0 Å². The van der Waals surface area contributed by atoms with Gasteiger partial charge >= 0.3 is 0 Å². The SMILES string of the molecule is CCN(C=N)CC(=O)N(CCNC)CCNC(C)C. The van der Waals surface area contributed by atoms with Gasteiger partial charge in [-0.25, -0.2) is 0 Å². The number of carbonyl (C=O) groups excluding carboxylic acids is 1. The van der Waals surface area contributed by atoms with Crippen LogP contribution in [-0.4, -0.2) is 74.4 Å². The molecule has 0 aliphatic rings. The molecule has 1 amide bonds. The molecule has 0 heterocycles. The Balaban J connectivity index is 4.28. The molecule has 0 bridgehead atoms. The molecule has 0 unspecified atom stereocenters. The van der Waals surface area contributed by atoms with Crippen LogP contribution in [0, 0.1) is 5.41 Å². The first kappa shape index (κ1) is 17.9. The fourth-order valence-electron chi connectivity index (χ4n) is 1.62. The van der Waals surface area contributed by atoms with Crippen molar-refractivity contribution < 1.29 is 4.79 Å². The molecule has 0 saturated heterocycles. The summed E-state index contributed by atoms with van der Waals surface area (Å²) in [6.45, 7) is 10.1. The minimum absolute atomic E-state index is 0.0751. The molecule has 3 N–H and O–H groups in total. The summed E-state index contributed by atoms with van der Waals surface area (Å²) in [5.41, 5.74) is 0. The predicted octanol–water partition coefficient (Wildman–Crippen LogP) is -0.0386. The molecule has 0 radical (unpaired) electrons. The van der Waals surface area contributed by atoms with Crippen molar-refractivity contribution >= 4 is 12.2 Å². The van der Waals surface area contributed by atoms with Crippen molar-refractivity contribution in [3.05, 3.63) is 0 Å². The van der Waals surface area contributed by atoms with E-state index < -0.39 is 0 Å². The summed E-state index contributed by atoms with van der Waals surface area (Å²) in [5, 5.41) is 13.6. The topological polar surface area (TPSA) is 71.5 Å². The fourth-order valence-corrected chi connectivity index (χ4v) is 1.62. The average Bonchev–Trinajstić information content (AvgIpc) is 2.39. The van der Waals surface area contributed by atoms with Crippen LogP contribution in [0.3, 0.4) is 0 Å². The number of nitrogens with zero attached hydrogens (tertiary/aromatic N) is 2. The summed E-state index contributed by atoms with van der Waals surface area (Å²) in [6.07, 6.45) is 1.22. The predicted molar refractivity (Wildman–Crippen MR) is 79.7 cm³/mol. The lowest BCUT2D eigenvalue weighted by Crippen LogP contribution is -2.45. The molecule has 0 aromatic rings. The number of rotatable bonds is 11. The molecule has 0 aliphatic carbocycles. The van der Waals surface area contributed by atoms with Crippen LogP contribution in [0.2, 0.25) is 0 Å². The van der Waals surface area contributed by atoms with E-state index in [0.29, 0.717) is 25.7 Å². The summed E-state index contributed by atoms with van der Waals surface area (Å²) in [7, 11) is 1.88. The normalized spacial score (nSPS) is 10.6. The Morgan fingerprint density at radius 2 is 1.95 bits per heavy atom. The summed E-state index contributed by atoms with van der Waals surface area (Å²) in [4.78, 5) is 15.7. The first-order valence-corrected chi connectivity index (χ1v) is 6.95. The summed E-state index contributed by atoms with van der Waals surface area (Å²) in [6, 6.07) is 0.426. The summed E-state index contributed by atoms with van der Waals surface area (Å²) in [5.74, 6) is 0.0751. The van der Waals surface area contributed by atoms with E-state index in [0.717, 1.165) is 13.1 Å². The van der Waals surface area contributed by atoms with Crippen molar-refractivity contribution in [1.29, 1.82) is 5.41 Å². The highest BCUT2D eigenvalue weighted by Crippen LogP contribution is 1.93. The van der Waals surface area contributed by atoms with E-state index in [9.17, 15) is 4.79 Å². The third-order valence-electron chi connectivity index (χ3n) is 2.85. The van der Waals surface area contributed by atoms with Crippen molar-refractivity contribution in [2.75, 3.05) is 46.3 Å². The molecule has 0 spiro atoms. The third kappa shape index (κ3) is 8.56. The molecule has 0 aromatic carbocycles. The molecular formula is C13H29N5O. The molecule has 19 heavy (non-hydrogen) atoms. The van der Waals surface area contributed by atoms with E-state index in [1.165, 1.54) is 6.34 Å². The van der Waals surface area contributed by atoms with Gasteiger partial charge in [0.05, 0.1) is 12.9 Å².